The first-order valence-corrected chi connectivity index (χ1v) is 8.12. The van der Waals surface area contributed by atoms with E-state index in [9.17, 15) is 4.79 Å². The van der Waals surface area contributed by atoms with Gasteiger partial charge in [0.25, 0.3) is 0 Å². The van der Waals surface area contributed by atoms with Gasteiger partial charge in [-0.2, -0.15) is 5.26 Å². The second-order valence-corrected chi connectivity index (χ2v) is 7.32. The van der Waals surface area contributed by atoms with Gasteiger partial charge in [-0.1, -0.05) is 6.92 Å². The van der Waals surface area contributed by atoms with Gasteiger partial charge in [-0.05, 0) is 32.1 Å². The van der Waals surface area contributed by atoms with Crippen LogP contribution in [0.15, 0.2) is 0 Å². The van der Waals surface area contributed by atoms with Crippen LogP contribution in [-0.2, 0) is 24.0 Å². The molecule has 2 bridgehead atoms. The van der Waals surface area contributed by atoms with E-state index in [1.54, 1.807) is 0 Å². The summed E-state index contributed by atoms with van der Waals surface area (Å²) in [5, 5.41) is 9.08. The first-order chi connectivity index (χ1) is 10.5. The van der Waals surface area contributed by atoms with Crippen LogP contribution >= 0.6 is 0 Å². The molecule has 5 rings (SSSR count). The summed E-state index contributed by atoms with van der Waals surface area (Å²) in [6.45, 7) is 4.04. The van der Waals surface area contributed by atoms with E-state index in [1.165, 1.54) is 0 Å². The summed E-state index contributed by atoms with van der Waals surface area (Å²) >= 11 is 0. The van der Waals surface area contributed by atoms with Crippen LogP contribution in [0.5, 0.6) is 0 Å². The Morgan fingerprint density at radius 1 is 1.27 bits per heavy atom. The molecule has 0 amide bonds. The van der Waals surface area contributed by atoms with Crippen molar-refractivity contribution in [3.8, 4) is 6.07 Å². The van der Waals surface area contributed by atoms with E-state index < -0.39 is 23.6 Å². The van der Waals surface area contributed by atoms with Gasteiger partial charge in [0.05, 0.1) is 12.0 Å². The summed E-state index contributed by atoms with van der Waals surface area (Å²) in [5.41, 5.74) is -0.761. The Morgan fingerprint density at radius 2 is 2.09 bits per heavy atom. The minimum absolute atomic E-state index is 0.0813. The summed E-state index contributed by atoms with van der Waals surface area (Å²) in [6.07, 6.45) is 2.92. The van der Waals surface area contributed by atoms with Crippen molar-refractivity contribution in [2.24, 2.45) is 23.7 Å². The van der Waals surface area contributed by atoms with Gasteiger partial charge in [-0.3, -0.25) is 4.79 Å². The van der Waals surface area contributed by atoms with Crippen molar-refractivity contribution in [2.75, 3.05) is 0 Å². The number of fused-ring (bicyclic) bond motifs is 2. The van der Waals surface area contributed by atoms with Crippen LogP contribution in [0.3, 0.4) is 0 Å². The lowest BCUT2D eigenvalue weighted by atomic mass is 9.57. The zero-order valence-electron chi connectivity index (χ0n) is 12.9. The van der Waals surface area contributed by atoms with Crippen LogP contribution in [-0.4, -0.2) is 23.6 Å². The highest BCUT2D eigenvalue weighted by molar-refractivity contribution is 5.74. The monoisotopic (exact) mass is 307 g/mol. The van der Waals surface area contributed by atoms with Crippen LogP contribution < -0.4 is 0 Å². The molecular weight excluding hydrogens is 286 g/mol. The van der Waals surface area contributed by atoms with Crippen molar-refractivity contribution < 1.29 is 24.0 Å². The number of ether oxygens (including phenoxy) is 2. The van der Waals surface area contributed by atoms with Crippen LogP contribution in [0.25, 0.3) is 0 Å². The van der Waals surface area contributed by atoms with E-state index in [0.717, 1.165) is 19.3 Å². The molecule has 4 saturated heterocycles. The van der Waals surface area contributed by atoms with Crippen molar-refractivity contribution in [3.05, 3.63) is 0 Å². The zero-order valence-corrected chi connectivity index (χ0v) is 12.9. The number of nitrogens with zero attached hydrogens (tertiary/aromatic N) is 1. The highest BCUT2D eigenvalue weighted by atomic mass is 17.3. The molecule has 5 aliphatic rings. The lowest BCUT2D eigenvalue weighted by molar-refractivity contribution is -0.559. The highest BCUT2D eigenvalue weighted by Gasteiger charge is 2.70. The third-order valence-electron chi connectivity index (χ3n) is 6.10. The average Bonchev–Trinajstić information content (AvgIpc) is 2.70. The third-order valence-corrected chi connectivity index (χ3v) is 6.10. The number of rotatable bonds is 1. The molecule has 0 N–H and O–H groups in total. The Bertz CT molecular complexity index is 545. The van der Waals surface area contributed by atoms with Crippen molar-refractivity contribution in [3.63, 3.8) is 0 Å². The number of hydrogen-bond donors (Lipinski definition) is 0. The minimum atomic E-state index is -0.861. The van der Waals surface area contributed by atoms with Crippen molar-refractivity contribution >= 4 is 5.97 Å². The topological polar surface area (TPSA) is 77.8 Å². The predicted molar refractivity (Wildman–Crippen MR) is 72.6 cm³/mol. The fourth-order valence-electron chi connectivity index (χ4n) is 4.94. The van der Waals surface area contributed by atoms with E-state index in [4.69, 9.17) is 24.5 Å². The standard InChI is InChI=1S/C16H21NO5/c1-9-3-4-12-10(6-8-17)13(18)19-14-16(12)11(9)5-7-15(2,20-14)21-22-16/h9-12,14H,3-7H2,1-2H3/t9-,10-,11+,12+,14-,15-,16-/m1/s1. The Balaban J connectivity index is 1.81. The molecule has 1 saturated carbocycles. The average molecular weight is 307 g/mol. The van der Waals surface area contributed by atoms with Gasteiger partial charge < -0.3 is 9.47 Å². The van der Waals surface area contributed by atoms with E-state index in [0.29, 0.717) is 12.3 Å². The molecule has 0 radical (unpaired) electrons. The molecule has 0 unspecified atom stereocenters. The molecule has 0 aromatic rings. The van der Waals surface area contributed by atoms with Gasteiger partial charge in [-0.15, -0.1) is 0 Å². The van der Waals surface area contributed by atoms with Gasteiger partial charge in [0.1, 0.15) is 0 Å². The summed E-state index contributed by atoms with van der Waals surface area (Å²) in [4.78, 5) is 23.9. The van der Waals surface area contributed by atoms with E-state index in [-0.39, 0.29) is 24.2 Å². The summed E-state index contributed by atoms with van der Waals surface area (Å²) in [5.74, 6) is -1.07. The van der Waals surface area contributed by atoms with Crippen molar-refractivity contribution in [2.45, 2.75) is 63.6 Å². The molecule has 120 valence electrons. The largest absolute Gasteiger partial charge is 0.432 e. The van der Waals surface area contributed by atoms with Crippen LogP contribution in [0, 0.1) is 35.0 Å². The van der Waals surface area contributed by atoms with Gasteiger partial charge in [-0.25, -0.2) is 9.78 Å². The fraction of sp³-hybridized carbons (Fsp3) is 0.875. The van der Waals surface area contributed by atoms with Crippen LogP contribution in [0.4, 0.5) is 0 Å². The van der Waals surface area contributed by atoms with Crippen LogP contribution in [0.2, 0.25) is 0 Å². The Hall–Kier alpha value is -1.16. The van der Waals surface area contributed by atoms with E-state index in [1.807, 2.05) is 6.92 Å². The fourth-order valence-corrected chi connectivity index (χ4v) is 4.94. The van der Waals surface area contributed by atoms with Gasteiger partial charge in [0, 0.05) is 24.7 Å². The molecular formula is C16H21NO5. The Kier molecular flexibility index (Phi) is 3.06. The molecule has 1 spiro atoms. The molecule has 0 aromatic heterocycles. The second-order valence-electron chi connectivity index (χ2n) is 7.32. The van der Waals surface area contributed by atoms with Gasteiger partial charge >= 0.3 is 5.97 Å². The molecule has 4 aliphatic heterocycles. The molecule has 0 aromatic carbocycles. The zero-order chi connectivity index (χ0) is 15.5. The van der Waals surface area contributed by atoms with E-state index in [2.05, 4.69) is 13.0 Å². The lowest BCUT2D eigenvalue weighted by Crippen LogP contribution is -2.69. The van der Waals surface area contributed by atoms with Gasteiger partial charge in [0.15, 0.2) is 5.60 Å². The molecule has 7 atom stereocenters. The van der Waals surface area contributed by atoms with Crippen LogP contribution in [0.1, 0.15) is 46.0 Å². The second kappa shape index (κ2) is 4.67. The molecule has 5 fully saturated rings. The number of nitriles is 1. The first kappa shape index (κ1) is 14.4. The predicted octanol–water partition coefficient (Wildman–Crippen LogP) is 2.29. The summed E-state index contributed by atoms with van der Waals surface area (Å²) in [6, 6.07) is 2.12. The van der Waals surface area contributed by atoms with E-state index >= 15 is 0 Å². The lowest BCUT2D eigenvalue weighted by Gasteiger charge is -2.58. The smallest absolute Gasteiger partial charge is 0.312 e. The summed E-state index contributed by atoms with van der Waals surface area (Å²) in [7, 11) is 0. The van der Waals surface area contributed by atoms with Crippen molar-refractivity contribution in [1.82, 2.24) is 0 Å². The quantitative estimate of drug-likeness (QED) is 0.546. The normalized spacial score (nSPS) is 53.1. The highest BCUT2D eigenvalue weighted by Crippen LogP contribution is 2.60. The Morgan fingerprint density at radius 3 is 2.86 bits per heavy atom. The molecule has 6 nitrogen and oxygen atoms in total. The third kappa shape index (κ3) is 1.73. The molecule has 6 heteroatoms. The molecule has 1 aliphatic carbocycles. The number of carbonyl (C=O) groups excluding carboxylic acids is 1. The first-order valence-electron chi connectivity index (χ1n) is 8.12. The number of esters is 1. The maximum absolute atomic E-state index is 12.4. The SMILES string of the molecule is C[C@@H]1CC[C@H]2[C@@H](CC#N)C(=O)O[C@@H]3O[C@@]4(C)CC[C@@H]1[C@]32OO4. The molecule has 4 heterocycles. The molecule has 22 heavy (non-hydrogen) atoms. The maximum atomic E-state index is 12.4. The van der Waals surface area contributed by atoms with Crippen molar-refractivity contribution in [1.29, 1.82) is 5.26 Å². The minimum Gasteiger partial charge on any atom is -0.432 e. The number of hydrogen-bond acceptors (Lipinski definition) is 6. The number of carbonyl (C=O) groups is 1. The maximum Gasteiger partial charge on any atom is 0.312 e. The van der Waals surface area contributed by atoms with Gasteiger partial charge in [0.2, 0.25) is 12.1 Å². The summed E-state index contributed by atoms with van der Waals surface area (Å²) < 4.78 is 11.6. The Labute approximate surface area is 129 Å².